The van der Waals surface area contributed by atoms with E-state index in [0.717, 1.165) is 6.04 Å². The lowest BCUT2D eigenvalue weighted by Gasteiger charge is -2.48. The molecule has 3 nitrogen and oxygen atoms in total. The quantitative estimate of drug-likeness (QED) is 0.785. The molecule has 1 saturated carbocycles. The molecule has 17 heavy (non-hydrogen) atoms. The Morgan fingerprint density at radius 3 is 2.47 bits per heavy atom. The second-order valence-electron chi connectivity index (χ2n) is 6.43. The second-order valence-corrected chi connectivity index (χ2v) is 6.43. The van der Waals surface area contributed by atoms with Gasteiger partial charge in [0.2, 0.25) is 0 Å². The highest BCUT2D eigenvalue weighted by atomic mass is 15.2. The molecule has 0 aromatic rings. The van der Waals surface area contributed by atoms with Gasteiger partial charge in [-0.2, -0.15) is 0 Å². The molecule has 1 saturated heterocycles. The lowest BCUT2D eigenvalue weighted by molar-refractivity contribution is 0.0572. The van der Waals surface area contributed by atoms with Gasteiger partial charge < -0.3 is 10.2 Å². The van der Waals surface area contributed by atoms with Gasteiger partial charge in [0.1, 0.15) is 0 Å². The van der Waals surface area contributed by atoms with E-state index < -0.39 is 0 Å². The highest BCUT2D eigenvalue weighted by Crippen LogP contribution is 2.35. The fourth-order valence-electron chi connectivity index (χ4n) is 3.12. The minimum Gasteiger partial charge on any atom is -0.311 e. The summed E-state index contributed by atoms with van der Waals surface area (Å²) < 4.78 is 0. The van der Waals surface area contributed by atoms with Crippen LogP contribution in [0.5, 0.6) is 0 Å². The number of rotatable bonds is 5. The standard InChI is InChI=1S/C14H29N3/c1-12(2)17-9-6-13(10-17)15-11-14(16(3)4)7-5-8-14/h12-13,15H,5-11H2,1-4H3. The molecule has 0 spiro atoms. The highest BCUT2D eigenvalue weighted by Gasteiger charge is 2.39. The molecule has 100 valence electrons. The van der Waals surface area contributed by atoms with Crippen LogP contribution in [-0.4, -0.2) is 61.2 Å². The van der Waals surface area contributed by atoms with Crippen LogP contribution in [0.2, 0.25) is 0 Å². The molecule has 1 heterocycles. The Morgan fingerprint density at radius 1 is 1.35 bits per heavy atom. The van der Waals surface area contributed by atoms with Crippen LogP contribution in [0.1, 0.15) is 39.5 Å². The van der Waals surface area contributed by atoms with Gasteiger partial charge >= 0.3 is 0 Å². The zero-order chi connectivity index (χ0) is 12.5. The van der Waals surface area contributed by atoms with E-state index in [9.17, 15) is 0 Å². The minimum atomic E-state index is 0.464. The van der Waals surface area contributed by atoms with Crippen molar-refractivity contribution >= 4 is 0 Å². The number of nitrogens with one attached hydrogen (secondary N) is 1. The molecule has 1 atom stereocenters. The molecule has 2 fully saturated rings. The number of nitrogens with zero attached hydrogens (tertiary/aromatic N) is 2. The average molecular weight is 239 g/mol. The number of likely N-dealkylation sites (tertiary alicyclic amines) is 1. The van der Waals surface area contributed by atoms with Crippen molar-refractivity contribution in [1.82, 2.24) is 15.1 Å². The third-order valence-corrected chi connectivity index (χ3v) is 4.90. The van der Waals surface area contributed by atoms with Crippen molar-refractivity contribution in [3.63, 3.8) is 0 Å². The summed E-state index contributed by atoms with van der Waals surface area (Å²) in [5, 5.41) is 3.81. The summed E-state index contributed by atoms with van der Waals surface area (Å²) in [4.78, 5) is 5.01. The molecule has 0 amide bonds. The molecule has 3 heteroatoms. The van der Waals surface area contributed by atoms with E-state index in [4.69, 9.17) is 0 Å². The molecule has 1 aliphatic carbocycles. The monoisotopic (exact) mass is 239 g/mol. The predicted molar refractivity (Wildman–Crippen MR) is 73.4 cm³/mol. The summed E-state index contributed by atoms with van der Waals surface area (Å²) in [6, 6.07) is 1.42. The van der Waals surface area contributed by atoms with E-state index in [-0.39, 0.29) is 0 Å². The highest BCUT2D eigenvalue weighted by molar-refractivity contribution is 4.99. The number of likely N-dealkylation sites (N-methyl/N-ethyl adjacent to an activating group) is 1. The summed E-state index contributed by atoms with van der Waals surface area (Å²) in [7, 11) is 4.46. The first-order valence-electron chi connectivity index (χ1n) is 7.18. The maximum absolute atomic E-state index is 3.81. The van der Waals surface area contributed by atoms with Gasteiger partial charge in [0.15, 0.2) is 0 Å². The minimum absolute atomic E-state index is 0.464. The summed E-state index contributed by atoms with van der Waals surface area (Å²) in [6.07, 6.45) is 5.46. The molecule has 1 unspecified atom stereocenters. The zero-order valence-corrected chi connectivity index (χ0v) is 12.0. The van der Waals surface area contributed by atoms with Crippen molar-refractivity contribution in [3.8, 4) is 0 Å². The Morgan fingerprint density at radius 2 is 2.06 bits per heavy atom. The molecule has 0 aromatic heterocycles. The number of hydrogen-bond acceptors (Lipinski definition) is 3. The van der Waals surface area contributed by atoms with E-state index in [1.165, 1.54) is 45.3 Å². The van der Waals surface area contributed by atoms with E-state index in [0.29, 0.717) is 11.6 Å². The van der Waals surface area contributed by atoms with Crippen LogP contribution in [0.25, 0.3) is 0 Å². The van der Waals surface area contributed by atoms with Crippen molar-refractivity contribution < 1.29 is 0 Å². The summed E-state index contributed by atoms with van der Waals surface area (Å²) >= 11 is 0. The Balaban J connectivity index is 1.76. The molecular formula is C14H29N3. The normalized spacial score (nSPS) is 28.9. The molecule has 0 radical (unpaired) electrons. The van der Waals surface area contributed by atoms with E-state index in [1.807, 2.05) is 0 Å². The van der Waals surface area contributed by atoms with Gasteiger partial charge in [0.05, 0.1) is 0 Å². The van der Waals surface area contributed by atoms with Crippen molar-refractivity contribution in [2.45, 2.75) is 57.2 Å². The Hall–Kier alpha value is -0.120. The van der Waals surface area contributed by atoms with Crippen LogP contribution in [0.3, 0.4) is 0 Å². The van der Waals surface area contributed by atoms with Crippen LogP contribution in [0, 0.1) is 0 Å². The fraction of sp³-hybridized carbons (Fsp3) is 1.00. The van der Waals surface area contributed by atoms with Gasteiger partial charge in [-0.1, -0.05) is 0 Å². The zero-order valence-electron chi connectivity index (χ0n) is 12.0. The number of hydrogen-bond donors (Lipinski definition) is 1. The van der Waals surface area contributed by atoms with E-state index in [1.54, 1.807) is 0 Å². The van der Waals surface area contributed by atoms with Crippen LogP contribution in [-0.2, 0) is 0 Å². The maximum Gasteiger partial charge on any atom is 0.0328 e. The predicted octanol–water partition coefficient (Wildman–Crippen LogP) is 1.54. The Kier molecular flexibility index (Phi) is 4.11. The third kappa shape index (κ3) is 2.83. The van der Waals surface area contributed by atoms with Crippen LogP contribution >= 0.6 is 0 Å². The van der Waals surface area contributed by atoms with Crippen molar-refractivity contribution in [2.24, 2.45) is 0 Å². The van der Waals surface area contributed by atoms with Gasteiger partial charge in [-0.3, -0.25) is 4.90 Å². The molecule has 2 aliphatic rings. The van der Waals surface area contributed by atoms with Crippen LogP contribution in [0.4, 0.5) is 0 Å². The summed E-state index contributed by atoms with van der Waals surface area (Å²) in [5.41, 5.74) is 0.464. The molecule has 1 aliphatic heterocycles. The Labute approximate surface area is 107 Å². The Bertz CT molecular complexity index is 246. The van der Waals surface area contributed by atoms with Gasteiger partial charge in [-0.25, -0.2) is 0 Å². The van der Waals surface area contributed by atoms with Gasteiger partial charge in [0, 0.05) is 30.7 Å². The maximum atomic E-state index is 3.81. The van der Waals surface area contributed by atoms with Crippen LogP contribution < -0.4 is 5.32 Å². The first-order valence-corrected chi connectivity index (χ1v) is 7.18. The molecule has 0 bridgehead atoms. The molecule has 0 aromatic carbocycles. The second kappa shape index (κ2) is 5.25. The fourth-order valence-corrected chi connectivity index (χ4v) is 3.12. The van der Waals surface area contributed by atoms with Crippen molar-refractivity contribution in [1.29, 1.82) is 0 Å². The lowest BCUT2D eigenvalue weighted by Crippen LogP contribution is -2.58. The van der Waals surface area contributed by atoms with Crippen molar-refractivity contribution in [2.75, 3.05) is 33.7 Å². The first kappa shape index (κ1) is 13.3. The SMILES string of the molecule is CC(C)N1CCC(NCC2(N(C)C)CCC2)C1. The van der Waals surface area contributed by atoms with E-state index in [2.05, 4.69) is 43.1 Å². The van der Waals surface area contributed by atoms with E-state index >= 15 is 0 Å². The molecular weight excluding hydrogens is 210 g/mol. The van der Waals surface area contributed by atoms with Gasteiger partial charge in [0.25, 0.3) is 0 Å². The third-order valence-electron chi connectivity index (χ3n) is 4.90. The van der Waals surface area contributed by atoms with Crippen LogP contribution in [0.15, 0.2) is 0 Å². The van der Waals surface area contributed by atoms with Gasteiger partial charge in [-0.05, 0) is 60.2 Å². The average Bonchev–Trinajstić information content (AvgIpc) is 2.64. The van der Waals surface area contributed by atoms with Gasteiger partial charge in [-0.15, -0.1) is 0 Å². The van der Waals surface area contributed by atoms with Crippen molar-refractivity contribution in [3.05, 3.63) is 0 Å². The smallest absolute Gasteiger partial charge is 0.0328 e. The molecule has 1 N–H and O–H groups in total. The largest absolute Gasteiger partial charge is 0.311 e. The lowest BCUT2D eigenvalue weighted by atomic mass is 9.75. The summed E-state index contributed by atoms with van der Waals surface area (Å²) in [5.74, 6) is 0. The first-order chi connectivity index (χ1) is 8.03. The summed E-state index contributed by atoms with van der Waals surface area (Å²) in [6.45, 7) is 8.29. The topological polar surface area (TPSA) is 18.5 Å². The molecule has 2 rings (SSSR count).